The Morgan fingerprint density at radius 2 is 2.27 bits per heavy atom. The Morgan fingerprint density at radius 3 is 2.96 bits per heavy atom. The zero-order chi connectivity index (χ0) is 18.7. The maximum Gasteiger partial charge on any atom is 0.355 e. The molecule has 0 bridgehead atoms. The van der Waals surface area contributed by atoms with Gasteiger partial charge in [0.1, 0.15) is 0 Å². The van der Waals surface area contributed by atoms with Crippen LogP contribution in [0.4, 0.5) is 0 Å². The highest BCUT2D eigenvalue weighted by Crippen LogP contribution is 2.32. The first kappa shape index (κ1) is 19.3. The van der Waals surface area contributed by atoms with Gasteiger partial charge in [0, 0.05) is 28.6 Å². The fraction of sp³-hybridized carbons (Fsp3) is 0.353. The number of carbonyl (C=O) groups is 2. The van der Waals surface area contributed by atoms with Gasteiger partial charge in [0.2, 0.25) is 5.91 Å². The van der Waals surface area contributed by atoms with E-state index in [-0.39, 0.29) is 23.7 Å². The number of carboxylic acids is 1. The Hall–Kier alpha value is -1.42. The van der Waals surface area contributed by atoms with Crippen LogP contribution >= 0.6 is 39.0 Å². The minimum absolute atomic E-state index is 0.0346. The van der Waals surface area contributed by atoms with E-state index in [0.29, 0.717) is 23.1 Å². The van der Waals surface area contributed by atoms with Crippen LogP contribution in [0.2, 0.25) is 0 Å². The molecule has 3 N–H and O–H groups in total. The third-order valence-electron chi connectivity index (χ3n) is 4.31. The Morgan fingerprint density at radius 1 is 1.50 bits per heavy atom. The van der Waals surface area contributed by atoms with Crippen LogP contribution in [0.5, 0.6) is 0 Å². The molecule has 9 heteroatoms. The van der Waals surface area contributed by atoms with E-state index in [2.05, 4.69) is 20.9 Å². The topological polar surface area (TPSA) is 96.5 Å². The maximum absolute atomic E-state index is 12.3. The van der Waals surface area contributed by atoms with Gasteiger partial charge in [-0.25, -0.2) is 9.78 Å². The molecule has 1 unspecified atom stereocenters. The SMILES string of the molecule is NC(c1ccccc1Br)[C@H]1CCC(=O)N1CCSc1nc(C(=O)O)cs1. The second kappa shape index (κ2) is 8.51. The van der Waals surface area contributed by atoms with Crippen LogP contribution in [0.15, 0.2) is 38.5 Å². The zero-order valence-electron chi connectivity index (χ0n) is 13.8. The van der Waals surface area contributed by atoms with Crippen molar-refractivity contribution in [2.45, 2.75) is 29.3 Å². The lowest BCUT2D eigenvalue weighted by molar-refractivity contribution is -0.128. The van der Waals surface area contributed by atoms with Crippen molar-refractivity contribution in [2.75, 3.05) is 12.3 Å². The van der Waals surface area contributed by atoms with Crippen LogP contribution in [0.3, 0.4) is 0 Å². The molecule has 0 radical (unpaired) electrons. The molecule has 2 atom stereocenters. The number of carbonyl (C=O) groups excluding carboxylic acids is 1. The van der Waals surface area contributed by atoms with Crippen molar-refractivity contribution in [2.24, 2.45) is 5.73 Å². The first-order chi connectivity index (χ1) is 12.5. The standard InChI is InChI=1S/C17H18BrN3O3S2/c18-11-4-2-1-3-10(11)15(19)13-5-6-14(22)21(13)7-8-25-17-20-12(9-26-17)16(23)24/h1-4,9,13,15H,5-8,19H2,(H,23,24)/t13-,15?/m1/s1. The summed E-state index contributed by atoms with van der Waals surface area (Å²) in [4.78, 5) is 29.1. The average Bonchev–Trinajstić information content (AvgIpc) is 3.23. The highest BCUT2D eigenvalue weighted by atomic mass is 79.9. The normalized spacial score (nSPS) is 18.3. The van der Waals surface area contributed by atoms with Crippen molar-refractivity contribution in [3.63, 3.8) is 0 Å². The molecule has 0 aliphatic carbocycles. The summed E-state index contributed by atoms with van der Waals surface area (Å²) >= 11 is 6.30. The summed E-state index contributed by atoms with van der Waals surface area (Å²) in [5.41, 5.74) is 7.52. The van der Waals surface area contributed by atoms with Gasteiger partial charge in [0.15, 0.2) is 10.0 Å². The van der Waals surface area contributed by atoms with Crippen molar-refractivity contribution >= 4 is 50.9 Å². The third kappa shape index (κ3) is 4.28. The number of benzene rings is 1. The van der Waals surface area contributed by atoms with Crippen LogP contribution in [0.25, 0.3) is 0 Å². The lowest BCUT2D eigenvalue weighted by atomic mass is 9.98. The second-order valence-corrected chi connectivity index (χ2v) is 8.95. The molecule has 1 aromatic carbocycles. The molecule has 1 amide bonds. The molecule has 3 rings (SSSR count). The highest BCUT2D eigenvalue weighted by molar-refractivity contribution is 9.10. The lowest BCUT2D eigenvalue weighted by Crippen LogP contribution is -2.41. The van der Waals surface area contributed by atoms with E-state index in [0.717, 1.165) is 16.5 Å². The molecule has 1 aliphatic heterocycles. The number of aromatic carboxylic acids is 1. The number of amides is 1. The van der Waals surface area contributed by atoms with E-state index in [1.165, 1.54) is 28.5 Å². The highest BCUT2D eigenvalue weighted by Gasteiger charge is 2.35. The summed E-state index contributed by atoms with van der Waals surface area (Å²) in [7, 11) is 0. The van der Waals surface area contributed by atoms with Crippen molar-refractivity contribution in [3.8, 4) is 0 Å². The summed E-state index contributed by atoms with van der Waals surface area (Å²) in [6.07, 6.45) is 1.25. The third-order valence-corrected chi connectivity index (χ3v) is 7.04. The Labute approximate surface area is 167 Å². The number of aromatic nitrogens is 1. The first-order valence-corrected chi connectivity index (χ1v) is 10.7. The second-order valence-electron chi connectivity index (χ2n) is 5.89. The van der Waals surface area contributed by atoms with Gasteiger partial charge in [0.05, 0.1) is 12.1 Å². The predicted molar refractivity (Wildman–Crippen MR) is 106 cm³/mol. The van der Waals surface area contributed by atoms with E-state index in [4.69, 9.17) is 10.8 Å². The fourth-order valence-corrected chi connectivity index (χ4v) is 5.38. The molecule has 0 spiro atoms. The van der Waals surface area contributed by atoms with Gasteiger partial charge in [-0.15, -0.1) is 11.3 Å². The van der Waals surface area contributed by atoms with Gasteiger partial charge in [0.25, 0.3) is 0 Å². The van der Waals surface area contributed by atoms with Crippen molar-refractivity contribution < 1.29 is 14.7 Å². The molecule has 0 saturated carbocycles. The number of halogens is 1. The van der Waals surface area contributed by atoms with Gasteiger partial charge >= 0.3 is 5.97 Å². The number of hydrogen-bond acceptors (Lipinski definition) is 6. The largest absolute Gasteiger partial charge is 0.476 e. The summed E-state index contributed by atoms with van der Waals surface area (Å²) in [5.74, 6) is -0.261. The fourth-order valence-electron chi connectivity index (χ4n) is 3.03. The first-order valence-electron chi connectivity index (χ1n) is 8.08. The molecule has 2 heterocycles. The molecule has 26 heavy (non-hydrogen) atoms. The molecule has 138 valence electrons. The van der Waals surface area contributed by atoms with Gasteiger partial charge in [-0.3, -0.25) is 4.79 Å². The van der Waals surface area contributed by atoms with E-state index < -0.39 is 5.97 Å². The minimum atomic E-state index is -1.03. The smallest absolute Gasteiger partial charge is 0.355 e. The molecular formula is C17H18BrN3O3S2. The van der Waals surface area contributed by atoms with Crippen LogP contribution in [0, 0.1) is 0 Å². The van der Waals surface area contributed by atoms with Gasteiger partial charge in [-0.05, 0) is 18.1 Å². The van der Waals surface area contributed by atoms with Crippen LogP contribution in [-0.4, -0.2) is 45.2 Å². The number of carboxylic acid groups (broad SMARTS) is 1. The number of nitrogens with two attached hydrogens (primary N) is 1. The molecule has 1 aliphatic rings. The van der Waals surface area contributed by atoms with Crippen molar-refractivity contribution in [1.29, 1.82) is 0 Å². The summed E-state index contributed by atoms with van der Waals surface area (Å²) < 4.78 is 1.64. The van der Waals surface area contributed by atoms with Gasteiger partial charge < -0.3 is 15.7 Å². The van der Waals surface area contributed by atoms with Crippen LogP contribution in [0.1, 0.15) is 34.9 Å². The quantitative estimate of drug-likeness (QED) is 0.621. The Kier molecular flexibility index (Phi) is 6.33. The average molecular weight is 456 g/mol. The molecular weight excluding hydrogens is 438 g/mol. The van der Waals surface area contributed by atoms with Crippen molar-refractivity contribution in [1.82, 2.24) is 9.88 Å². The lowest BCUT2D eigenvalue weighted by Gasteiger charge is -2.30. The number of likely N-dealkylation sites (tertiary alicyclic amines) is 1. The van der Waals surface area contributed by atoms with E-state index in [1.807, 2.05) is 29.2 Å². The molecule has 6 nitrogen and oxygen atoms in total. The van der Waals surface area contributed by atoms with Crippen LogP contribution in [-0.2, 0) is 4.79 Å². The van der Waals surface area contributed by atoms with E-state index >= 15 is 0 Å². The number of hydrogen-bond donors (Lipinski definition) is 2. The zero-order valence-corrected chi connectivity index (χ0v) is 17.0. The number of thiazole rings is 1. The number of rotatable bonds is 7. The van der Waals surface area contributed by atoms with Crippen molar-refractivity contribution in [3.05, 3.63) is 45.4 Å². The van der Waals surface area contributed by atoms with Gasteiger partial charge in [-0.1, -0.05) is 45.9 Å². The Bertz CT molecular complexity index is 814. The van der Waals surface area contributed by atoms with Gasteiger partial charge in [-0.2, -0.15) is 0 Å². The Balaban J connectivity index is 1.62. The number of thioether (sulfide) groups is 1. The maximum atomic E-state index is 12.3. The van der Waals surface area contributed by atoms with E-state index in [1.54, 1.807) is 0 Å². The molecule has 1 fully saturated rings. The molecule has 2 aromatic rings. The molecule has 1 saturated heterocycles. The monoisotopic (exact) mass is 455 g/mol. The van der Waals surface area contributed by atoms with E-state index in [9.17, 15) is 9.59 Å². The summed E-state index contributed by atoms with van der Waals surface area (Å²) in [6, 6.07) is 7.53. The molecule has 1 aromatic heterocycles. The summed E-state index contributed by atoms with van der Waals surface area (Å²) in [6.45, 7) is 0.564. The van der Waals surface area contributed by atoms with Crippen LogP contribution < -0.4 is 5.73 Å². The summed E-state index contributed by atoms with van der Waals surface area (Å²) in [5, 5.41) is 10.4. The number of nitrogens with zero attached hydrogens (tertiary/aromatic N) is 2. The predicted octanol–water partition coefficient (Wildman–Crippen LogP) is 3.39. The minimum Gasteiger partial charge on any atom is -0.476 e.